The van der Waals surface area contributed by atoms with Crippen molar-refractivity contribution >= 4 is 11.5 Å². The van der Waals surface area contributed by atoms with Crippen LogP contribution in [0.1, 0.15) is 32.9 Å². The summed E-state index contributed by atoms with van der Waals surface area (Å²) in [6.07, 6.45) is 0.453. The first-order valence-corrected chi connectivity index (χ1v) is 10.2. The number of aliphatic hydroxyl groups is 1. The molecule has 32 heavy (non-hydrogen) atoms. The van der Waals surface area contributed by atoms with E-state index in [1.54, 1.807) is 6.20 Å². The van der Waals surface area contributed by atoms with Crippen LogP contribution in [-0.2, 0) is 5.60 Å². The average Bonchev–Trinajstić information content (AvgIpc) is 3.43. The molecule has 4 heterocycles. The van der Waals surface area contributed by atoms with Gasteiger partial charge in [0.25, 0.3) is 0 Å². The second-order valence-corrected chi connectivity index (χ2v) is 7.17. The predicted molar refractivity (Wildman–Crippen MR) is 112 cm³/mol. The summed E-state index contributed by atoms with van der Waals surface area (Å²) in [5.41, 5.74) is -2.97. The Balaban J connectivity index is 0.00000141. The second kappa shape index (κ2) is 9.25. The normalized spacial score (nSPS) is 18.1. The molecule has 3 aromatic heterocycles. The van der Waals surface area contributed by atoms with Crippen LogP contribution in [0, 0.1) is 0 Å². The number of hydrogen-bond donors (Lipinski definition) is 3. The average molecular weight is 453 g/mol. The van der Waals surface area contributed by atoms with Gasteiger partial charge in [0.2, 0.25) is 5.60 Å². The molecule has 0 saturated carbocycles. The Bertz CT molecular complexity index is 1060. The van der Waals surface area contributed by atoms with Crippen molar-refractivity contribution in [2.45, 2.75) is 45.0 Å². The van der Waals surface area contributed by atoms with Gasteiger partial charge >= 0.3 is 6.18 Å². The van der Waals surface area contributed by atoms with Crippen molar-refractivity contribution in [3.05, 3.63) is 30.4 Å². The van der Waals surface area contributed by atoms with E-state index in [0.717, 1.165) is 19.5 Å². The molecule has 0 spiro atoms. The molecule has 2 atom stereocenters. The van der Waals surface area contributed by atoms with Gasteiger partial charge in [-0.3, -0.25) is 4.98 Å². The number of hydrogen-bond acceptors (Lipinski definition) is 8. The number of fused-ring (bicyclic) bond motifs is 1. The van der Waals surface area contributed by atoms with Crippen LogP contribution in [-0.4, -0.2) is 62.1 Å². The smallest absolute Gasteiger partial charge is 0.422 e. The number of anilines is 1. The molecule has 4 rings (SSSR count). The maximum atomic E-state index is 13.4. The number of imidazole rings is 1. The van der Waals surface area contributed by atoms with Gasteiger partial charge in [-0.2, -0.15) is 18.3 Å². The van der Waals surface area contributed by atoms with Crippen LogP contribution in [0.3, 0.4) is 0 Å². The van der Waals surface area contributed by atoms with E-state index in [1.165, 1.54) is 30.1 Å². The molecule has 0 aliphatic carbocycles. The fourth-order valence-corrected chi connectivity index (χ4v) is 3.25. The lowest BCUT2D eigenvalue weighted by molar-refractivity contribution is -0.261. The number of ether oxygens (including phenoxy) is 1. The van der Waals surface area contributed by atoms with E-state index >= 15 is 0 Å². The Morgan fingerprint density at radius 3 is 2.62 bits per heavy atom. The van der Waals surface area contributed by atoms with E-state index in [2.05, 4.69) is 30.7 Å². The van der Waals surface area contributed by atoms with Crippen LogP contribution in [0.2, 0.25) is 0 Å². The van der Waals surface area contributed by atoms with Crippen LogP contribution in [0.5, 0.6) is 5.75 Å². The summed E-state index contributed by atoms with van der Waals surface area (Å²) < 4.78 is 46.5. The Hall–Kier alpha value is -2.99. The maximum absolute atomic E-state index is 13.4. The quantitative estimate of drug-likeness (QED) is 0.541. The fourth-order valence-electron chi connectivity index (χ4n) is 3.25. The summed E-state index contributed by atoms with van der Waals surface area (Å²) in [4.78, 5) is 12.8. The summed E-state index contributed by atoms with van der Waals surface area (Å²) in [6.45, 7) is 6.34. The molecule has 12 heteroatoms. The molecule has 1 aliphatic rings. The number of alkyl halides is 3. The molecule has 0 aromatic carbocycles. The molecule has 1 fully saturated rings. The minimum absolute atomic E-state index is 0.215. The Morgan fingerprint density at radius 1 is 1.25 bits per heavy atom. The Labute approximate surface area is 183 Å². The van der Waals surface area contributed by atoms with Crippen molar-refractivity contribution in [1.82, 2.24) is 29.9 Å². The standard InChI is InChI=1S/C18H20F3N7O2.C2H6/c1-17(29,18(19,20)21)16-13(30-2)5-15-24-8-12(28(15)27-16)11-7-23-9-14(26-11)25-10-3-4-22-6-10;1-2/h5,7-10,22,29H,3-4,6H2,1-2H3,(H,25,26);1-2H3. The predicted octanol–water partition coefficient (Wildman–Crippen LogP) is 2.76. The Morgan fingerprint density at radius 2 is 2.00 bits per heavy atom. The zero-order chi connectivity index (χ0) is 23.5. The van der Waals surface area contributed by atoms with Gasteiger partial charge in [0.05, 0.1) is 25.7 Å². The van der Waals surface area contributed by atoms with Gasteiger partial charge in [-0.05, 0) is 19.9 Å². The van der Waals surface area contributed by atoms with Gasteiger partial charge < -0.3 is 20.5 Å². The summed E-state index contributed by atoms with van der Waals surface area (Å²) in [7, 11) is 1.20. The molecule has 3 N–H and O–H groups in total. The molecule has 3 aromatic rings. The number of methoxy groups -OCH3 is 1. The first-order chi connectivity index (χ1) is 15.2. The first-order valence-electron chi connectivity index (χ1n) is 10.2. The van der Waals surface area contributed by atoms with E-state index in [-0.39, 0.29) is 17.4 Å². The fraction of sp³-hybridized carbons (Fsp3) is 0.500. The third-order valence-electron chi connectivity index (χ3n) is 5.00. The highest BCUT2D eigenvalue weighted by atomic mass is 19.4. The minimum Gasteiger partial charge on any atom is -0.495 e. The molecule has 2 unspecified atom stereocenters. The van der Waals surface area contributed by atoms with Gasteiger partial charge in [-0.1, -0.05) is 13.8 Å². The monoisotopic (exact) mass is 453 g/mol. The molecule has 0 bridgehead atoms. The van der Waals surface area contributed by atoms with Crippen LogP contribution in [0.25, 0.3) is 17.0 Å². The minimum atomic E-state index is -4.96. The maximum Gasteiger partial charge on any atom is 0.422 e. The number of nitrogens with one attached hydrogen (secondary N) is 2. The van der Waals surface area contributed by atoms with Crippen molar-refractivity contribution in [1.29, 1.82) is 0 Å². The van der Waals surface area contributed by atoms with Crippen LogP contribution >= 0.6 is 0 Å². The lowest BCUT2D eigenvalue weighted by atomic mass is 10.0. The topological polar surface area (TPSA) is 109 Å². The molecule has 174 valence electrons. The van der Waals surface area contributed by atoms with Gasteiger partial charge in [0.15, 0.2) is 5.65 Å². The number of aromatic nitrogens is 5. The van der Waals surface area contributed by atoms with Gasteiger partial charge in [0, 0.05) is 18.7 Å². The van der Waals surface area contributed by atoms with Gasteiger partial charge in [0.1, 0.15) is 28.6 Å². The first kappa shape index (κ1) is 23.7. The molecule has 1 aliphatic heterocycles. The zero-order valence-electron chi connectivity index (χ0n) is 18.2. The molecule has 0 radical (unpaired) electrons. The molecular formula is C20H26F3N7O2. The van der Waals surface area contributed by atoms with Crippen molar-refractivity contribution in [3.63, 3.8) is 0 Å². The Kier molecular flexibility index (Phi) is 6.84. The van der Waals surface area contributed by atoms with Crippen molar-refractivity contribution < 1.29 is 23.0 Å². The largest absolute Gasteiger partial charge is 0.495 e. The van der Waals surface area contributed by atoms with Gasteiger partial charge in [-0.15, -0.1) is 0 Å². The number of rotatable bonds is 5. The molecule has 9 nitrogen and oxygen atoms in total. The van der Waals surface area contributed by atoms with E-state index in [4.69, 9.17) is 4.74 Å². The van der Waals surface area contributed by atoms with E-state index in [9.17, 15) is 18.3 Å². The van der Waals surface area contributed by atoms with Crippen molar-refractivity contribution in [2.24, 2.45) is 0 Å². The third-order valence-corrected chi connectivity index (χ3v) is 5.00. The summed E-state index contributed by atoms with van der Waals surface area (Å²) >= 11 is 0. The summed E-state index contributed by atoms with van der Waals surface area (Å²) in [5.74, 6) is 0.310. The highest BCUT2D eigenvalue weighted by molar-refractivity contribution is 5.61. The lowest BCUT2D eigenvalue weighted by Gasteiger charge is -2.26. The van der Waals surface area contributed by atoms with Crippen LogP contribution < -0.4 is 15.4 Å². The number of halogens is 3. The lowest BCUT2D eigenvalue weighted by Crippen LogP contribution is -2.40. The van der Waals surface area contributed by atoms with Crippen LogP contribution in [0.15, 0.2) is 24.7 Å². The SMILES string of the molecule is CC.COc1cc2ncc(-c3cncc(NC4CCNC4)n3)n2nc1C(C)(O)C(F)(F)F. The highest BCUT2D eigenvalue weighted by Crippen LogP contribution is 2.41. The second-order valence-electron chi connectivity index (χ2n) is 7.17. The van der Waals surface area contributed by atoms with Crippen LogP contribution in [0.4, 0.5) is 19.0 Å². The third kappa shape index (κ3) is 4.46. The van der Waals surface area contributed by atoms with Gasteiger partial charge in [-0.25, -0.2) is 14.5 Å². The van der Waals surface area contributed by atoms with E-state index in [0.29, 0.717) is 24.1 Å². The zero-order valence-corrected chi connectivity index (χ0v) is 18.2. The van der Waals surface area contributed by atoms with E-state index in [1.807, 2.05) is 13.8 Å². The molecular weight excluding hydrogens is 427 g/mol. The number of nitrogens with zero attached hydrogens (tertiary/aromatic N) is 5. The molecule has 0 amide bonds. The van der Waals surface area contributed by atoms with Crippen molar-refractivity contribution in [2.75, 3.05) is 25.5 Å². The summed E-state index contributed by atoms with van der Waals surface area (Å²) in [5, 5.41) is 20.7. The van der Waals surface area contributed by atoms with E-state index < -0.39 is 17.5 Å². The molecule has 1 saturated heterocycles. The van der Waals surface area contributed by atoms with Crippen molar-refractivity contribution in [3.8, 4) is 17.1 Å². The summed E-state index contributed by atoms with van der Waals surface area (Å²) in [6, 6.07) is 1.50. The highest BCUT2D eigenvalue weighted by Gasteiger charge is 2.54.